The molecule has 0 radical (unpaired) electrons. The van der Waals surface area contributed by atoms with Gasteiger partial charge in [0, 0.05) is 5.69 Å². The first-order valence-corrected chi connectivity index (χ1v) is 4.73. The third-order valence-electron chi connectivity index (χ3n) is 2.25. The van der Waals surface area contributed by atoms with E-state index >= 15 is 0 Å². The van der Waals surface area contributed by atoms with E-state index < -0.39 is 0 Å². The van der Waals surface area contributed by atoms with Gasteiger partial charge in [-0.2, -0.15) is 0 Å². The highest BCUT2D eigenvalue weighted by atomic mass is 19.1. The normalized spacial score (nSPS) is 12.6. The van der Waals surface area contributed by atoms with Crippen LogP contribution in [0, 0.1) is 5.82 Å². The first kappa shape index (κ1) is 11.7. The molecule has 15 heavy (non-hydrogen) atoms. The fourth-order valence-electron chi connectivity index (χ4n) is 1.05. The standard InChI is InChI=1S/C11H15FN2O/c1-8(14(2)3)11(15)13-10-6-4-5-9(12)7-10/h4-8H,1-3H3,(H,13,15)/t8-/m1/s1. The van der Waals surface area contributed by atoms with Crippen LogP contribution in [0.1, 0.15) is 6.92 Å². The molecule has 0 fully saturated rings. The third kappa shape index (κ3) is 3.32. The molecule has 4 heteroatoms. The average Bonchev–Trinajstić information content (AvgIpc) is 2.16. The van der Waals surface area contributed by atoms with Gasteiger partial charge in [-0.15, -0.1) is 0 Å². The molecule has 1 atom stereocenters. The summed E-state index contributed by atoms with van der Waals surface area (Å²) in [7, 11) is 3.63. The molecule has 1 amide bonds. The highest BCUT2D eigenvalue weighted by Crippen LogP contribution is 2.09. The molecular formula is C11H15FN2O. The molecule has 1 N–H and O–H groups in total. The van der Waals surface area contributed by atoms with Crippen LogP contribution in [0.3, 0.4) is 0 Å². The van der Waals surface area contributed by atoms with E-state index in [-0.39, 0.29) is 17.8 Å². The van der Waals surface area contributed by atoms with Crippen LogP contribution in [-0.2, 0) is 4.79 Å². The second-order valence-corrected chi connectivity index (χ2v) is 3.64. The van der Waals surface area contributed by atoms with Crippen LogP contribution >= 0.6 is 0 Å². The van der Waals surface area contributed by atoms with E-state index in [4.69, 9.17) is 0 Å². The smallest absolute Gasteiger partial charge is 0.241 e. The number of likely N-dealkylation sites (N-methyl/N-ethyl adjacent to an activating group) is 1. The summed E-state index contributed by atoms with van der Waals surface area (Å²) in [5.74, 6) is -0.504. The minimum Gasteiger partial charge on any atom is -0.325 e. The lowest BCUT2D eigenvalue weighted by atomic mass is 10.2. The Kier molecular flexibility index (Phi) is 3.80. The van der Waals surface area contributed by atoms with E-state index in [0.29, 0.717) is 5.69 Å². The number of hydrogen-bond donors (Lipinski definition) is 1. The lowest BCUT2D eigenvalue weighted by molar-refractivity contribution is -0.119. The van der Waals surface area contributed by atoms with Gasteiger partial charge >= 0.3 is 0 Å². The molecule has 0 saturated carbocycles. The quantitative estimate of drug-likeness (QED) is 0.823. The number of rotatable bonds is 3. The van der Waals surface area contributed by atoms with E-state index in [9.17, 15) is 9.18 Å². The highest BCUT2D eigenvalue weighted by molar-refractivity contribution is 5.94. The van der Waals surface area contributed by atoms with Crippen LogP contribution in [-0.4, -0.2) is 30.9 Å². The monoisotopic (exact) mass is 210 g/mol. The summed E-state index contributed by atoms with van der Waals surface area (Å²) >= 11 is 0. The van der Waals surface area contributed by atoms with Gasteiger partial charge in [-0.3, -0.25) is 9.69 Å². The molecule has 82 valence electrons. The van der Waals surface area contributed by atoms with Crippen LogP contribution in [0.15, 0.2) is 24.3 Å². The molecule has 1 aromatic rings. The molecule has 0 saturated heterocycles. The SMILES string of the molecule is C[C@H](C(=O)Nc1cccc(F)c1)N(C)C. The van der Waals surface area contributed by atoms with Crippen molar-refractivity contribution in [1.29, 1.82) is 0 Å². The molecule has 0 heterocycles. The largest absolute Gasteiger partial charge is 0.325 e. The summed E-state index contributed by atoms with van der Waals surface area (Å²) < 4.78 is 12.8. The highest BCUT2D eigenvalue weighted by Gasteiger charge is 2.14. The fourth-order valence-corrected chi connectivity index (χ4v) is 1.05. The average molecular weight is 210 g/mol. The Morgan fingerprint density at radius 3 is 2.67 bits per heavy atom. The molecular weight excluding hydrogens is 195 g/mol. The molecule has 3 nitrogen and oxygen atoms in total. The second kappa shape index (κ2) is 4.89. The van der Waals surface area contributed by atoms with Gasteiger partial charge in [0.2, 0.25) is 5.91 Å². The van der Waals surface area contributed by atoms with Crippen molar-refractivity contribution in [2.24, 2.45) is 0 Å². The summed E-state index contributed by atoms with van der Waals surface area (Å²) in [6, 6.07) is 5.60. The Morgan fingerprint density at radius 1 is 1.47 bits per heavy atom. The number of benzene rings is 1. The Morgan fingerprint density at radius 2 is 2.13 bits per heavy atom. The molecule has 0 bridgehead atoms. The Bertz CT molecular complexity index is 352. The van der Waals surface area contributed by atoms with Gasteiger partial charge in [-0.1, -0.05) is 6.07 Å². The van der Waals surface area contributed by atoms with Crippen LogP contribution < -0.4 is 5.32 Å². The number of nitrogens with one attached hydrogen (secondary N) is 1. The number of nitrogens with zero attached hydrogens (tertiary/aromatic N) is 1. The maximum absolute atomic E-state index is 12.8. The van der Waals surface area contributed by atoms with Crippen molar-refractivity contribution in [3.63, 3.8) is 0 Å². The van der Waals surface area contributed by atoms with Gasteiger partial charge in [0.25, 0.3) is 0 Å². The number of carbonyl (C=O) groups is 1. The minimum atomic E-state index is -0.356. The van der Waals surface area contributed by atoms with Gasteiger partial charge in [-0.05, 0) is 39.2 Å². The van der Waals surface area contributed by atoms with Gasteiger partial charge in [0.15, 0.2) is 0 Å². The lowest BCUT2D eigenvalue weighted by Gasteiger charge is -2.18. The predicted molar refractivity (Wildman–Crippen MR) is 58.2 cm³/mol. The van der Waals surface area contributed by atoms with Crippen molar-refractivity contribution >= 4 is 11.6 Å². The van der Waals surface area contributed by atoms with Crippen molar-refractivity contribution in [3.05, 3.63) is 30.1 Å². The Hall–Kier alpha value is -1.42. The molecule has 1 rings (SSSR count). The van der Waals surface area contributed by atoms with Gasteiger partial charge in [0.05, 0.1) is 6.04 Å². The van der Waals surface area contributed by atoms with Crippen LogP contribution in [0.5, 0.6) is 0 Å². The number of hydrogen-bond acceptors (Lipinski definition) is 2. The number of anilines is 1. The van der Waals surface area contributed by atoms with Crippen molar-refractivity contribution in [2.45, 2.75) is 13.0 Å². The third-order valence-corrected chi connectivity index (χ3v) is 2.25. The number of carbonyl (C=O) groups excluding carboxylic acids is 1. The van der Waals surface area contributed by atoms with E-state index in [1.165, 1.54) is 12.1 Å². The number of halogens is 1. The van der Waals surface area contributed by atoms with Crippen molar-refractivity contribution in [3.8, 4) is 0 Å². The second-order valence-electron chi connectivity index (χ2n) is 3.64. The Labute approximate surface area is 88.9 Å². The van der Waals surface area contributed by atoms with Crippen LogP contribution in [0.2, 0.25) is 0 Å². The molecule has 0 spiro atoms. The van der Waals surface area contributed by atoms with Crippen LogP contribution in [0.4, 0.5) is 10.1 Å². The molecule has 0 unspecified atom stereocenters. The van der Waals surface area contributed by atoms with E-state index in [1.54, 1.807) is 24.0 Å². The van der Waals surface area contributed by atoms with Crippen LogP contribution in [0.25, 0.3) is 0 Å². The first-order valence-electron chi connectivity index (χ1n) is 4.73. The fraction of sp³-hybridized carbons (Fsp3) is 0.364. The summed E-state index contributed by atoms with van der Waals surface area (Å²) in [6.45, 7) is 1.79. The summed E-state index contributed by atoms with van der Waals surface area (Å²) in [6.07, 6.45) is 0. The maximum atomic E-state index is 12.8. The molecule has 0 aliphatic carbocycles. The van der Waals surface area contributed by atoms with Crippen molar-refractivity contribution in [1.82, 2.24) is 4.90 Å². The Balaban J connectivity index is 2.66. The first-order chi connectivity index (χ1) is 7.00. The van der Waals surface area contributed by atoms with E-state index in [2.05, 4.69) is 5.32 Å². The molecule has 0 aliphatic heterocycles. The predicted octanol–water partition coefficient (Wildman–Crippen LogP) is 1.71. The zero-order valence-electron chi connectivity index (χ0n) is 9.12. The molecule has 0 aromatic heterocycles. The summed E-state index contributed by atoms with van der Waals surface area (Å²) in [4.78, 5) is 13.4. The minimum absolute atomic E-state index is 0.148. The lowest BCUT2D eigenvalue weighted by Crippen LogP contribution is -2.37. The van der Waals surface area contributed by atoms with Gasteiger partial charge in [-0.25, -0.2) is 4.39 Å². The van der Waals surface area contributed by atoms with Gasteiger partial charge < -0.3 is 5.32 Å². The zero-order chi connectivity index (χ0) is 11.4. The summed E-state index contributed by atoms with van der Waals surface area (Å²) in [5, 5.41) is 2.64. The van der Waals surface area contributed by atoms with E-state index in [0.717, 1.165) is 0 Å². The van der Waals surface area contributed by atoms with Crippen molar-refractivity contribution < 1.29 is 9.18 Å². The topological polar surface area (TPSA) is 32.3 Å². The van der Waals surface area contributed by atoms with Crippen molar-refractivity contribution in [2.75, 3.05) is 19.4 Å². The summed E-state index contributed by atoms with van der Waals surface area (Å²) in [5.41, 5.74) is 0.480. The van der Waals surface area contributed by atoms with Gasteiger partial charge in [0.1, 0.15) is 5.82 Å². The maximum Gasteiger partial charge on any atom is 0.241 e. The zero-order valence-corrected chi connectivity index (χ0v) is 9.12. The molecule has 0 aliphatic rings. The van der Waals surface area contributed by atoms with E-state index in [1.807, 2.05) is 14.1 Å². The number of amides is 1. The molecule has 1 aromatic carbocycles.